The second kappa shape index (κ2) is 6.23. The number of nitrogens with two attached hydrogens (primary N) is 1. The smallest absolute Gasteiger partial charge is 0.237 e. The second-order valence-corrected chi connectivity index (χ2v) is 7.13. The first-order valence-electron chi connectivity index (χ1n) is 8.61. The van der Waals surface area contributed by atoms with E-state index < -0.39 is 5.54 Å². The lowest BCUT2D eigenvalue weighted by molar-refractivity contribution is -0.126. The van der Waals surface area contributed by atoms with Crippen molar-refractivity contribution in [2.45, 2.75) is 62.6 Å². The van der Waals surface area contributed by atoms with Crippen LogP contribution in [-0.2, 0) is 4.79 Å². The van der Waals surface area contributed by atoms with Gasteiger partial charge in [-0.15, -0.1) is 0 Å². The Morgan fingerprint density at radius 1 is 1.10 bits per heavy atom. The van der Waals surface area contributed by atoms with Crippen LogP contribution in [0.2, 0.25) is 0 Å². The maximum atomic E-state index is 11.9. The van der Waals surface area contributed by atoms with Crippen molar-refractivity contribution in [3.63, 3.8) is 0 Å². The first kappa shape index (κ1) is 15.3. The van der Waals surface area contributed by atoms with E-state index in [2.05, 4.69) is 15.1 Å². The molecular formula is C16H30N4O. The van der Waals surface area contributed by atoms with Crippen molar-refractivity contribution >= 4 is 5.91 Å². The quantitative estimate of drug-likeness (QED) is 0.798. The minimum absolute atomic E-state index is 0.175. The van der Waals surface area contributed by atoms with Gasteiger partial charge in [-0.1, -0.05) is 6.42 Å². The molecule has 0 radical (unpaired) electrons. The summed E-state index contributed by atoms with van der Waals surface area (Å²) in [6, 6.07) is 1.26. The molecule has 2 saturated heterocycles. The first-order valence-corrected chi connectivity index (χ1v) is 8.61. The van der Waals surface area contributed by atoms with E-state index in [9.17, 15) is 4.79 Å². The Morgan fingerprint density at radius 2 is 1.86 bits per heavy atom. The minimum Gasteiger partial charge on any atom is -0.368 e. The molecule has 21 heavy (non-hydrogen) atoms. The van der Waals surface area contributed by atoms with Crippen molar-refractivity contribution in [2.24, 2.45) is 5.73 Å². The Hall–Kier alpha value is -0.650. The topological polar surface area (TPSA) is 61.6 Å². The number of piperazine rings is 1. The summed E-state index contributed by atoms with van der Waals surface area (Å²) in [6.07, 6.45) is 8.16. The highest BCUT2D eigenvalue weighted by Gasteiger charge is 2.43. The molecule has 0 aromatic heterocycles. The fraction of sp³-hybridized carbons (Fsp3) is 0.938. The van der Waals surface area contributed by atoms with Crippen LogP contribution in [0.15, 0.2) is 0 Å². The van der Waals surface area contributed by atoms with E-state index in [0.717, 1.165) is 31.8 Å². The Bertz CT molecular complexity index is 388. The van der Waals surface area contributed by atoms with Crippen LogP contribution in [0.25, 0.3) is 0 Å². The van der Waals surface area contributed by atoms with Gasteiger partial charge in [0.15, 0.2) is 0 Å². The number of fused-ring (bicyclic) bond motifs is 1. The predicted octanol–water partition coefficient (Wildman–Crippen LogP) is 0.543. The van der Waals surface area contributed by atoms with Gasteiger partial charge in [0.1, 0.15) is 0 Å². The molecule has 120 valence electrons. The van der Waals surface area contributed by atoms with Gasteiger partial charge in [-0.05, 0) is 52.1 Å². The van der Waals surface area contributed by atoms with Crippen molar-refractivity contribution in [1.29, 1.82) is 0 Å². The van der Waals surface area contributed by atoms with Crippen LogP contribution in [0.1, 0.15) is 44.9 Å². The SMILES string of the molecule is CNC1(C(N)=O)CCCC(N2CCN3CCCCC3C2)C1. The third-order valence-electron chi connectivity index (χ3n) is 6.06. The maximum Gasteiger partial charge on any atom is 0.237 e. The number of likely N-dealkylation sites (N-methyl/N-ethyl adjacent to an activating group) is 1. The second-order valence-electron chi connectivity index (χ2n) is 7.13. The Kier molecular flexibility index (Phi) is 4.52. The number of hydrogen-bond donors (Lipinski definition) is 2. The van der Waals surface area contributed by atoms with Crippen molar-refractivity contribution < 1.29 is 4.79 Å². The zero-order chi connectivity index (χ0) is 14.9. The van der Waals surface area contributed by atoms with Crippen LogP contribution in [0.3, 0.4) is 0 Å². The molecule has 1 amide bonds. The molecular weight excluding hydrogens is 264 g/mol. The molecule has 3 fully saturated rings. The van der Waals surface area contributed by atoms with Gasteiger partial charge in [-0.2, -0.15) is 0 Å². The summed E-state index contributed by atoms with van der Waals surface area (Å²) in [7, 11) is 1.88. The summed E-state index contributed by atoms with van der Waals surface area (Å²) in [5.74, 6) is -0.175. The van der Waals surface area contributed by atoms with E-state index >= 15 is 0 Å². The lowest BCUT2D eigenvalue weighted by atomic mass is 9.77. The van der Waals surface area contributed by atoms with Gasteiger partial charge in [-0.25, -0.2) is 0 Å². The molecule has 5 nitrogen and oxygen atoms in total. The van der Waals surface area contributed by atoms with Crippen LogP contribution >= 0.6 is 0 Å². The van der Waals surface area contributed by atoms with Crippen LogP contribution in [0, 0.1) is 0 Å². The number of nitrogens with one attached hydrogen (secondary N) is 1. The predicted molar refractivity (Wildman–Crippen MR) is 84.0 cm³/mol. The van der Waals surface area contributed by atoms with Crippen molar-refractivity contribution in [3.8, 4) is 0 Å². The number of carbonyl (C=O) groups excluding carboxylic acids is 1. The summed E-state index contributed by atoms with van der Waals surface area (Å²) in [5.41, 5.74) is 5.20. The van der Waals surface area contributed by atoms with Crippen LogP contribution in [0.5, 0.6) is 0 Å². The molecule has 3 atom stereocenters. The Labute approximate surface area is 128 Å². The molecule has 2 aliphatic heterocycles. The molecule has 3 rings (SSSR count). The van der Waals surface area contributed by atoms with Crippen molar-refractivity contribution in [3.05, 3.63) is 0 Å². The van der Waals surface area contributed by atoms with Gasteiger partial charge in [0.25, 0.3) is 0 Å². The van der Waals surface area contributed by atoms with E-state index in [1.54, 1.807) is 0 Å². The molecule has 0 aromatic carbocycles. The lowest BCUT2D eigenvalue weighted by Crippen LogP contribution is -2.63. The third kappa shape index (κ3) is 2.96. The molecule has 0 spiro atoms. The van der Waals surface area contributed by atoms with Gasteiger partial charge in [0.2, 0.25) is 5.91 Å². The highest BCUT2D eigenvalue weighted by molar-refractivity contribution is 5.84. The Morgan fingerprint density at radius 3 is 2.62 bits per heavy atom. The first-order chi connectivity index (χ1) is 10.1. The van der Waals surface area contributed by atoms with Crippen LogP contribution in [0.4, 0.5) is 0 Å². The molecule has 1 aliphatic carbocycles. The maximum absolute atomic E-state index is 11.9. The molecule has 5 heteroatoms. The van der Waals surface area contributed by atoms with Crippen LogP contribution < -0.4 is 11.1 Å². The molecule has 0 aromatic rings. The number of rotatable bonds is 3. The third-order valence-corrected chi connectivity index (χ3v) is 6.06. The average molecular weight is 294 g/mol. The largest absolute Gasteiger partial charge is 0.368 e. The number of primary amides is 1. The zero-order valence-corrected chi connectivity index (χ0v) is 13.3. The highest BCUT2D eigenvalue weighted by atomic mass is 16.1. The molecule has 3 unspecified atom stereocenters. The fourth-order valence-electron chi connectivity index (χ4n) is 4.64. The standard InChI is InChI=1S/C16H30N4O/c1-18-16(15(17)21)7-4-6-13(11-16)20-10-9-19-8-3-2-5-14(19)12-20/h13-14,18H,2-12H2,1H3,(H2,17,21). The van der Waals surface area contributed by atoms with E-state index in [4.69, 9.17) is 5.73 Å². The number of nitrogens with zero attached hydrogens (tertiary/aromatic N) is 2. The summed E-state index contributed by atoms with van der Waals surface area (Å²) in [4.78, 5) is 17.2. The van der Waals surface area contributed by atoms with Gasteiger partial charge in [0.05, 0.1) is 5.54 Å². The zero-order valence-electron chi connectivity index (χ0n) is 13.3. The molecule has 1 saturated carbocycles. The fourth-order valence-corrected chi connectivity index (χ4v) is 4.64. The van der Waals surface area contributed by atoms with Gasteiger partial charge in [0, 0.05) is 31.7 Å². The van der Waals surface area contributed by atoms with Crippen molar-refractivity contribution in [2.75, 3.05) is 33.2 Å². The summed E-state index contributed by atoms with van der Waals surface area (Å²) in [6.45, 7) is 4.82. The number of amides is 1. The van der Waals surface area contributed by atoms with E-state index in [0.29, 0.717) is 6.04 Å². The minimum atomic E-state index is -0.480. The summed E-state index contributed by atoms with van der Waals surface area (Å²) < 4.78 is 0. The normalized spacial score (nSPS) is 38.9. The number of piperidine rings is 1. The monoisotopic (exact) mass is 294 g/mol. The molecule has 0 bridgehead atoms. The highest BCUT2D eigenvalue weighted by Crippen LogP contribution is 2.33. The average Bonchev–Trinajstić information content (AvgIpc) is 2.54. The number of hydrogen-bond acceptors (Lipinski definition) is 4. The Balaban J connectivity index is 1.65. The van der Waals surface area contributed by atoms with Crippen molar-refractivity contribution in [1.82, 2.24) is 15.1 Å². The molecule has 3 N–H and O–H groups in total. The van der Waals surface area contributed by atoms with Gasteiger partial charge in [-0.3, -0.25) is 14.6 Å². The van der Waals surface area contributed by atoms with E-state index in [1.807, 2.05) is 7.05 Å². The molecule has 2 heterocycles. The summed E-state index contributed by atoms with van der Waals surface area (Å²) in [5, 5.41) is 3.23. The van der Waals surface area contributed by atoms with E-state index in [-0.39, 0.29) is 5.91 Å². The van der Waals surface area contributed by atoms with Crippen LogP contribution in [-0.4, -0.2) is 66.6 Å². The van der Waals surface area contributed by atoms with Gasteiger partial charge < -0.3 is 11.1 Å². The lowest BCUT2D eigenvalue weighted by Gasteiger charge is -2.49. The summed E-state index contributed by atoms with van der Waals surface area (Å²) >= 11 is 0. The molecule has 3 aliphatic rings. The number of carbonyl (C=O) groups is 1. The van der Waals surface area contributed by atoms with E-state index in [1.165, 1.54) is 45.3 Å². The van der Waals surface area contributed by atoms with Gasteiger partial charge >= 0.3 is 0 Å².